The molecule has 0 aliphatic carbocycles. The van der Waals surface area contributed by atoms with Crippen LogP contribution in [0.5, 0.6) is 0 Å². The van der Waals surface area contributed by atoms with Crippen LogP contribution in [-0.4, -0.2) is 35.0 Å². The molecule has 1 aliphatic heterocycles. The summed E-state index contributed by atoms with van der Waals surface area (Å²) in [5.41, 5.74) is 10.8. The number of halogens is 1. The molecular weight excluding hydrogens is 402 g/mol. The first-order valence-electron chi connectivity index (χ1n) is 10.0. The van der Waals surface area contributed by atoms with E-state index in [9.17, 15) is 4.79 Å². The van der Waals surface area contributed by atoms with Gasteiger partial charge in [-0.25, -0.2) is 0 Å². The van der Waals surface area contributed by atoms with Crippen molar-refractivity contribution in [3.8, 4) is 11.1 Å². The Morgan fingerprint density at radius 2 is 1.78 bits per heavy atom. The summed E-state index contributed by atoms with van der Waals surface area (Å²) in [4.78, 5) is 14.9. The van der Waals surface area contributed by atoms with Crippen molar-refractivity contribution in [2.45, 2.75) is 52.5 Å². The van der Waals surface area contributed by atoms with E-state index in [0.29, 0.717) is 5.56 Å². The molecule has 0 saturated carbocycles. The number of carbonyl (C=O) groups excluding carboxylic acids is 1. The van der Waals surface area contributed by atoms with Gasteiger partial charge in [0.2, 0.25) is 0 Å². The maximum absolute atomic E-state index is 12.3. The van der Waals surface area contributed by atoms with Crippen LogP contribution in [0.1, 0.15) is 54.4 Å². The molecule has 2 aromatic rings. The van der Waals surface area contributed by atoms with Crippen molar-refractivity contribution in [2.75, 3.05) is 19.6 Å². The first-order chi connectivity index (χ1) is 13.0. The number of nitrogens with two attached hydrogens (primary N) is 1. The number of amides is 1. The topological polar surface area (TPSA) is 51.3 Å². The lowest BCUT2D eigenvalue weighted by atomic mass is 9.98. The van der Waals surface area contributed by atoms with E-state index < -0.39 is 0 Å². The third-order valence-electron chi connectivity index (χ3n) is 5.59. The molecule has 1 aliphatic rings. The van der Waals surface area contributed by atoms with Gasteiger partial charge in [-0.1, -0.05) is 47.8 Å². The lowest BCUT2D eigenvalue weighted by molar-refractivity contribution is 0.1000. The molecule has 0 unspecified atom stereocenters. The van der Waals surface area contributed by atoms with Gasteiger partial charge in [0.15, 0.2) is 0 Å². The minimum absolute atomic E-state index is 0.334. The summed E-state index contributed by atoms with van der Waals surface area (Å²) < 4.78 is 3.38. The Morgan fingerprint density at radius 1 is 1.11 bits per heavy atom. The lowest BCUT2D eigenvalue weighted by Crippen LogP contribution is -2.33. The molecule has 1 amide bonds. The number of nitrogens with zero attached hydrogens (tertiary/aromatic N) is 2. The van der Waals surface area contributed by atoms with E-state index in [2.05, 4.69) is 44.5 Å². The average molecular weight is 432 g/mol. The molecule has 146 valence electrons. The van der Waals surface area contributed by atoms with E-state index >= 15 is 0 Å². The van der Waals surface area contributed by atoms with Gasteiger partial charge in [-0.3, -0.25) is 4.79 Å². The summed E-state index contributed by atoms with van der Waals surface area (Å²) in [6, 6.07) is 8.19. The van der Waals surface area contributed by atoms with E-state index in [-0.39, 0.29) is 5.91 Å². The first kappa shape index (κ1) is 20.2. The van der Waals surface area contributed by atoms with Crippen LogP contribution >= 0.6 is 15.9 Å². The predicted molar refractivity (Wildman–Crippen MR) is 115 cm³/mol. The normalized spacial score (nSPS) is 15.2. The maximum atomic E-state index is 12.3. The van der Waals surface area contributed by atoms with Gasteiger partial charge < -0.3 is 15.2 Å². The van der Waals surface area contributed by atoms with E-state index in [1.165, 1.54) is 38.0 Å². The second-order valence-electron chi connectivity index (χ2n) is 7.46. The zero-order valence-corrected chi connectivity index (χ0v) is 18.0. The minimum atomic E-state index is -0.334. The third-order valence-corrected chi connectivity index (χ3v) is 6.11. The Kier molecular flexibility index (Phi) is 6.77. The fraction of sp³-hybridized carbons (Fsp3) is 0.500. The quantitative estimate of drug-likeness (QED) is 0.686. The number of piperidine rings is 1. The van der Waals surface area contributed by atoms with Gasteiger partial charge in [-0.05, 0) is 57.0 Å². The summed E-state index contributed by atoms with van der Waals surface area (Å²) in [7, 11) is 0. The van der Waals surface area contributed by atoms with Crippen molar-refractivity contribution in [2.24, 2.45) is 5.73 Å². The van der Waals surface area contributed by atoms with Crippen molar-refractivity contribution in [3.63, 3.8) is 0 Å². The first-order valence-corrected chi connectivity index (χ1v) is 10.8. The second kappa shape index (κ2) is 9.07. The zero-order chi connectivity index (χ0) is 19.4. The number of hydrogen-bond acceptors (Lipinski definition) is 2. The molecule has 1 fully saturated rings. The number of carbonyl (C=O) groups is 1. The van der Waals surface area contributed by atoms with Gasteiger partial charge >= 0.3 is 0 Å². The Morgan fingerprint density at radius 3 is 2.37 bits per heavy atom. The highest BCUT2D eigenvalue weighted by molar-refractivity contribution is 9.10. The molecule has 1 aromatic heterocycles. The van der Waals surface area contributed by atoms with Crippen LogP contribution in [0.4, 0.5) is 0 Å². The second-order valence-corrected chi connectivity index (χ2v) is 8.37. The van der Waals surface area contributed by atoms with Crippen LogP contribution in [0.2, 0.25) is 0 Å². The molecule has 1 saturated heterocycles. The molecule has 3 rings (SSSR count). The number of aromatic nitrogens is 1. The Labute approximate surface area is 170 Å². The van der Waals surface area contributed by atoms with Gasteiger partial charge in [-0.15, -0.1) is 0 Å². The molecule has 2 heterocycles. The van der Waals surface area contributed by atoms with E-state index in [4.69, 9.17) is 5.73 Å². The fourth-order valence-electron chi connectivity index (χ4n) is 4.25. The predicted octanol–water partition coefficient (Wildman–Crippen LogP) is 4.76. The molecule has 2 N–H and O–H groups in total. The average Bonchev–Trinajstić information content (AvgIpc) is 2.94. The Balaban J connectivity index is 2.02. The minimum Gasteiger partial charge on any atom is -0.366 e. The number of primary amides is 1. The van der Waals surface area contributed by atoms with Crippen LogP contribution in [-0.2, 0) is 13.0 Å². The molecule has 0 radical (unpaired) electrons. The monoisotopic (exact) mass is 431 g/mol. The van der Waals surface area contributed by atoms with Gasteiger partial charge in [0.1, 0.15) is 0 Å². The molecule has 1 aromatic carbocycles. The number of benzene rings is 1. The van der Waals surface area contributed by atoms with Gasteiger partial charge in [0, 0.05) is 34.5 Å². The fourth-order valence-corrected chi connectivity index (χ4v) is 4.51. The maximum Gasteiger partial charge on any atom is 0.251 e. The van der Waals surface area contributed by atoms with E-state index in [1.807, 2.05) is 19.1 Å². The standard InChI is InChI=1S/C22H30BrN3O/c1-3-7-19-21(17-8-10-18(23)11-9-17)20(22(24)27)16(2)26(19)15-14-25-12-5-4-6-13-25/h8-11H,3-7,12-15H2,1-2H3,(H2,24,27). The Bertz CT molecular complexity index is 789. The van der Waals surface area contributed by atoms with Crippen molar-refractivity contribution in [1.29, 1.82) is 0 Å². The van der Waals surface area contributed by atoms with Crippen LogP contribution < -0.4 is 5.73 Å². The molecule has 0 spiro atoms. The van der Waals surface area contributed by atoms with Crippen molar-refractivity contribution >= 4 is 21.8 Å². The number of rotatable bonds is 7. The Hall–Kier alpha value is -1.59. The zero-order valence-electron chi connectivity index (χ0n) is 16.4. The SMILES string of the molecule is CCCc1c(-c2ccc(Br)cc2)c(C(N)=O)c(C)n1CCN1CCCCC1. The van der Waals surface area contributed by atoms with Gasteiger partial charge in [0.25, 0.3) is 5.91 Å². The van der Waals surface area contributed by atoms with Crippen LogP contribution in [0.15, 0.2) is 28.7 Å². The van der Waals surface area contributed by atoms with Crippen molar-refractivity contribution < 1.29 is 4.79 Å². The molecule has 27 heavy (non-hydrogen) atoms. The van der Waals surface area contributed by atoms with E-state index in [0.717, 1.165) is 47.2 Å². The molecule has 0 bridgehead atoms. The number of hydrogen-bond donors (Lipinski definition) is 1. The van der Waals surface area contributed by atoms with Crippen LogP contribution in [0.25, 0.3) is 11.1 Å². The highest BCUT2D eigenvalue weighted by Crippen LogP contribution is 2.34. The third kappa shape index (κ3) is 4.46. The molecule has 5 heteroatoms. The summed E-state index contributed by atoms with van der Waals surface area (Å²) >= 11 is 3.50. The highest BCUT2D eigenvalue weighted by Gasteiger charge is 2.24. The van der Waals surface area contributed by atoms with Gasteiger partial charge in [0.05, 0.1) is 5.56 Å². The summed E-state index contributed by atoms with van der Waals surface area (Å²) in [6.45, 7) is 8.55. The highest BCUT2D eigenvalue weighted by atomic mass is 79.9. The van der Waals surface area contributed by atoms with Crippen LogP contribution in [0, 0.1) is 6.92 Å². The van der Waals surface area contributed by atoms with E-state index in [1.54, 1.807) is 0 Å². The molecular formula is C22H30BrN3O. The summed E-state index contributed by atoms with van der Waals surface area (Å²) in [5.74, 6) is -0.334. The lowest BCUT2D eigenvalue weighted by Gasteiger charge is -2.27. The summed E-state index contributed by atoms with van der Waals surface area (Å²) in [6.07, 6.45) is 5.92. The van der Waals surface area contributed by atoms with Crippen molar-refractivity contribution in [1.82, 2.24) is 9.47 Å². The largest absolute Gasteiger partial charge is 0.366 e. The van der Waals surface area contributed by atoms with Crippen LogP contribution in [0.3, 0.4) is 0 Å². The van der Waals surface area contributed by atoms with Gasteiger partial charge in [-0.2, -0.15) is 0 Å². The molecule has 0 atom stereocenters. The van der Waals surface area contributed by atoms with Crippen molar-refractivity contribution in [3.05, 3.63) is 45.7 Å². The smallest absolute Gasteiger partial charge is 0.251 e. The summed E-state index contributed by atoms with van der Waals surface area (Å²) in [5, 5.41) is 0. The number of likely N-dealkylation sites (tertiary alicyclic amines) is 1. The molecule has 4 nitrogen and oxygen atoms in total.